The van der Waals surface area contributed by atoms with E-state index in [4.69, 9.17) is 0 Å². The standard InChI is InChI=1S/C18H25N3O4/c1-12(14-7-8-14)19-15(22)11-21-17(24)16(23)20(18(21)25)10-9-13-5-3-2-4-6-13/h5,12,14H,2-4,6-11H2,1H3,(H,19,22)/t12-/m1/s1. The average Bonchev–Trinajstić information content (AvgIpc) is 3.42. The zero-order valence-corrected chi connectivity index (χ0v) is 14.6. The Morgan fingerprint density at radius 1 is 1.20 bits per heavy atom. The lowest BCUT2D eigenvalue weighted by Gasteiger charge is -2.18. The van der Waals surface area contributed by atoms with Crippen LogP contribution in [0.2, 0.25) is 0 Å². The average molecular weight is 347 g/mol. The van der Waals surface area contributed by atoms with Crippen molar-refractivity contribution in [1.82, 2.24) is 15.1 Å². The van der Waals surface area contributed by atoms with Gasteiger partial charge >= 0.3 is 17.8 Å². The summed E-state index contributed by atoms with van der Waals surface area (Å²) in [6.07, 6.45) is 9.24. The lowest BCUT2D eigenvalue weighted by atomic mass is 9.97. The van der Waals surface area contributed by atoms with E-state index < -0.39 is 23.8 Å². The van der Waals surface area contributed by atoms with Crippen LogP contribution < -0.4 is 5.32 Å². The first-order chi connectivity index (χ1) is 12.0. The fourth-order valence-corrected chi connectivity index (χ4v) is 3.43. The van der Waals surface area contributed by atoms with E-state index in [0.717, 1.165) is 41.9 Å². The molecule has 5 amide bonds. The minimum atomic E-state index is -0.906. The first-order valence-electron chi connectivity index (χ1n) is 9.12. The number of urea groups is 1. The molecule has 136 valence electrons. The summed E-state index contributed by atoms with van der Waals surface area (Å²) in [6, 6.07) is -0.647. The second-order valence-electron chi connectivity index (χ2n) is 7.18. The van der Waals surface area contributed by atoms with Crippen molar-refractivity contribution in [2.24, 2.45) is 5.92 Å². The van der Waals surface area contributed by atoms with Crippen LogP contribution in [0.25, 0.3) is 0 Å². The van der Waals surface area contributed by atoms with Crippen LogP contribution in [-0.4, -0.2) is 52.7 Å². The summed E-state index contributed by atoms with van der Waals surface area (Å²) in [5.74, 6) is -1.65. The van der Waals surface area contributed by atoms with E-state index in [1.54, 1.807) is 0 Å². The van der Waals surface area contributed by atoms with Gasteiger partial charge in [-0.2, -0.15) is 0 Å². The molecule has 7 heteroatoms. The summed E-state index contributed by atoms with van der Waals surface area (Å²) in [7, 11) is 0. The molecule has 0 aromatic rings. The molecule has 1 heterocycles. The zero-order chi connectivity index (χ0) is 18.0. The molecule has 0 aromatic heterocycles. The van der Waals surface area contributed by atoms with Gasteiger partial charge in [-0.3, -0.25) is 19.3 Å². The van der Waals surface area contributed by atoms with Gasteiger partial charge in [0.05, 0.1) is 0 Å². The summed E-state index contributed by atoms with van der Waals surface area (Å²) in [5, 5.41) is 2.80. The number of nitrogens with zero attached hydrogens (tertiary/aromatic N) is 2. The minimum Gasteiger partial charge on any atom is -0.352 e. The topological polar surface area (TPSA) is 86.8 Å². The number of hydrogen-bond donors (Lipinski definition) is 1. The molecule has 1 aliphatic heterocycles. The van der Waals surface area contributed by atoms with Crippen LogP contribution in [0.1, 0.15) is 51.9 Å². The highest BCUT2D eigenvalue weighted by molar-refractivity contribution is 6.45. The van der Waals surface area contributed by atoms with Crippen LogP contribution in [0.4, 0.5) is 4.79 Å². The van der Waals surface area contributed by atoms with E-state index in [1.807, 2.05) is 6.92 Å². The molecule has 1 saturated carbocycles. The molecule has 2 fully saturated rings. The largest absolute Gasteiger partial charge is 0.352 e. The molecule has 3 aliphatic rings. The Bertz CT molecular complexity index is 624. The normalized spacial score (nSPS) is 22.3. The first-order valence-corrected chi connectivity index (χ1v) is 9.12. The van der Waals surface area contributed by atoms with E-state index in [9.17, 15) is 19.2 Å². The van der Waals surface area contributed by atoms with Crippen LogP contribution in [0, 0.1) is 5.92 Å². The van der Waals surface area contributed by atoms with Crippen molar-refractivity contribution in [2.75, 3.05) is 13.1 Å². The number of imide groups is 2. The van der Waals surface area contributed by atoms with Crippen molar-refractivity contribution in [2.45, 2.75) is 57.9 Å². The number of allylic oxidation sites excluding steroid dienone is 1. The van der Waals surface area contributed by atoms with Gasteiger partial charge in [0.2, 0.25) is 5.91 Å². The Kier molecular flexibility index (Phi) is 5.20. The number of hydrogen-bond acceptors (Lipinski definition) is 4. The van der Waals surface area contributed by atoms with Gasteiger partial charge in [0.15, 0.2) is 0 Å². The van der Waals surface area contributed by atoms with Crippen molar-refractivity contribution >= 4 is 23.8 Å². The van der Waals surface area contributed by atoms with Gasteiger partial charge in [-0.25, -0.2) is 9.69 Å². The molecule has 0 aromatic carbocycles. The Balaban J connectivity index is 1.54. The molecule has 7 nitrogen and oxygen atoms in total. The van der Waals surface area contributed by atoms with E-state index in [0.29, 0.717) is 12.3 Å². The van der Waals surface area contributed by atoms with Gasteiger partial charge in [-0.1, -0.05) is 11.6 Å². The highest BCUT2D eigenvalue weighted by Crippen LogP contribution is 2.32. The van der Waals surface area contributed by atoms with Crippen molar-refractivity contribution in [3.8, 4) is 0 Å². The van der Waals surface area contributed by atoms with E-state index in [1.165, 1.54) is 12.0 Å². The van der Waals surface area contributed by atoms with E-state index >= 15 is 0 Å². The smallest absolute Gasteiger partial charge is 0.334 e. The van der Waals surface area contributed by atoms with Gasteiger partial charge in [0.1, 0.15) is 6.54 Å². The summed E-state index contributed by atoms with van der Waals surface area (Å²) in [4.78, 5) is 50.3. The van der Waals surface area contributed by atoms with Crippen molar-refractivity contribution in [1.29, 1.82) is 0 Å². The second-order valence-corrected chi connectivity index (χ2v) is 7.18. The molecular weight excluding hydrogens is 322 g/mol. The third-order valence-electron chi connectivity index (χ3n) is 5.20. The molecule has 2 aliphatic carbocycles. The molecule has 0 spiro atoms. The molecular formula is C18H25N3O4. The molecule has 0 bridgehead atoms. The van der Waals surface area contributed by atoms with Gasteiger partial charge < -0.3 is 5.32 Å². The Morgan fingerprint density at radius 3 is 2.56 bits per heavy atom. The number of carbonyl (C=O) groups excluding carboxylic acids is 4. The summed E-state index contributed by atoms with van der Waals surface area (Å²) < 4.78 is 0. The Labute approximate surface area is 147 Å². The minimum absolute atomic E-state index is 0.0327. The molecule has 0 radical (unpaired) electrons. The van der Waals surface area contributed by atoms with Crippen LogP contribution >= 0.6 is 0 Å². The Hall–Kier alpha value is -2.18. The van der Waals surface area contributed by atoms with Crippen LogP contribution in [-0.2, 0) is 14.4 Å². The maximum absolute atomic E-state index is 12.4. The number of rotatable bonds is 7. The third kappa shape index (κ3) is 4.08. The molecule has 1 atom stereocenters. The maximum atomic E-state index is 12.4. The Morgan fingerprint density at radius 2 is 1.92 bits per heavy atom. The number of amides is 5. The highest BCUT2D eigenvalue weighted by Gasteiger charge is 2.45. The maximum Gasteiger partial charge on any atom is 0.334 e. The van der Waals surface area contributed by atoms with Crippen LogP contribution in [0.3, 0.4) is 0 Å². The number of carbonyl (C=O) groups is 4. The van der Waals surface area contributed by atoms with Gasteiger partial charge in [0.25, 0.3) is 0 Å². The van der Waals surface area contributed by atoms with E-state index in [2.05, 4.69) is 11.4 Å². The fourth-order valence-electron chi connectivity index (χ4n) is 3.43. The summed E-state index contributed by atoms with van der Waals surface area (Å²) >= 11 is 0. The monoisotopic (exact) mass is 347 g/mol. The lowest BCUT2D eigenvalue weighted by molar-refractivity contribution is -0.144. The predicted octanol–water partition coefficient (Wildman–Crippen LogP) is 1.58. The van der Waals surface area contributed by atoms with Gasteiger partial charge in [0, 0.05) is 12.6 Å². The van der Waals surface area contributed by atoms with E-state index in [-0.39, 0.29) is 19.1 Å². The van der Waals surface area contributed by atoms with Crippen molar-refractivity contribution in [3.05, 3.63) is 11.6 Å². The quantitative estimate of drug-likeness (QED) is 0.430. The highest BCUT2D eigenvalue weighted by atomic mass is 16.2. The summed E-state index contributed by atoms with van der Waals surface area (Å²) in [5.41, 5.74) is 1.23. The van der Waals surface area contributed by atoms with Gasteiger partial charge in [-0.05, 0) is 57.8 Å². The molecule has 3 rings (SSSR count). The number of nitrogens with one attached hydrogen (secondary N) is 1. The summed E-state index contributed by atoms with van der Waals surface area (Å²) in [6.45, 7) is 1.73. The van der Waals surface area contributed by atoms with Crippen molar-refractivity contribution in [3.63, 3.8) is 0 Å². The van der Waals surface area contributed by atoms with Crippen LogP contribution in [0.15, 0.2) is 11.6 Å². The molecule has 0 unspecified atom stereocenters. The van der Waals surface area contributed by atoms with Gasteiger partial charge in [-0.15, -0.1) is 0 Å². The third-order valence-corrected chi connectivity index (χ3v) is 5.20. The molecule has 1 saturated heterocycles. The predicted molar refractivity (Wildman–Crippen MR) is 90.3 cm³/mol. The second kappa shape index (κ2) is 7.37. The molecule has 1 N–H and O–H groups in total. The zero-order valence-electron chi connectivity index (χ0n) is 14.6. The van der Waals surface area contributed by atoms with Crippen molar-refractivity contribution < 1.29 is 19.2 Å². The first kappa shape index (κ1) is 17.6. The SMILES string of the molecule is C[C@@H](NC(=O)CN1C(=O)C(=O)N(CCC2=CCCCC2)C1=O)C1CC1. The lowest BCUT2D eigenvalue weighted by Crippen LogP contribution is -2.44. The van der Waals surface area contributed by atoms with Crippen LogP contribution in [0.5, 0.6) is 0 Å². The molecule has 25 heavy (non-hydrogen) atoms. The fraction of sp³-hybridized carbons (Fsp3) is 0.667.